The monoisotopic (exact) mass is 245 g/mol. The normalized spacial score (nSPS) is 12.3. The molecule has 0 aliphatic carbocycles. The highest BCUT2D eigenvalue weighted by Crippen LogP contribution is 2.15. The fraction of sp³-hybridized carbons (Fsp3) is 0.308. The number of hydrogen-bond acceptors (Lipinski definition) is 4. The standard InChI is InChI=1S/C13H15N3O2/c1-9(13(17)18)8-16(2)12-7-14-10-5-3-4-6-11(10)15-12/h3-7,9H,8H2,1-2H3,(H,17,18)/t9-/m0/s1. The summed E-state index contributed by atoms with van der Waals surface area (Å²) in [4.78, 5) is 21.4. The Morgan fingerprint density at radius 3 is 2.72 bits per heavy atom. The molecule has 0 fully saturated rings. The van der Waals surface area contributed by atoms with Gasteiger partial charge < -0.3 is 10.0 Å². The maximum atomic E-state index is 10.8. The van der Waals surface area contributed by atoms with E-state index in [2.05, 4.69) is 9.97 Å². The second kappa shape index (κ2) is 5.00. The molecule has 2 aromatic rings. The lowest BCUT2D eigenvalue weighted by molar-refractivity contribution is -0.140. The Hall–Kier alpha value is -2.17. The van der Waals surface area contributed by atoms with Crippen molar-refractivity contribution in [3.05, 3.63) is 30.5 Å². The summed E-state index contributed by atoms with van der Waals surface area (Å²) in [5.74, 6) is -0.569. The number of para-hydroxylation sites is 2. The first-order chi connectivity index (χ1) is 8.58. The lowest BCUT2D eigenvalue weighted by atomic mass is 10.2. The Morgan fingerprint density at radius 1 is 1.39 bits per heavy atom. The van der Waals surface area contributed by atoms with E-state index in [1.165, 1.54) is 0 Å². The summed E-state index contributed by atoms with van der Waals surface area (Å²) in [5.41, 5.74) is 1.64. The van der Waals surface area contributed by atoms with Gasteiger partial charge in [0.25, 0.3) is 0 Å². The van der Waals surface area contributed by atoms with Crippen LogP contribution in [0, 0.1) is 5.92 Å². The maximum absolute atomic E-state index is 10.8. The van der Waals surface area contributed by atoms with Crippen molar-refractivity contribution in [1.29, 1.82) is 0 Å². The van der Waals surface area contributed by atoms with Gasteiger partial charge in [0, 0.05) is 13.6 Å². The van der Waals surface area contributed by atoms with Crippen LogP contribution in [0.3, 0.4) is 0 Å². The lowest BCUT2D eigenvalue weighted by Gasteiger charge is -2.20. The molecule has 0 unspecified atom stereocenters. The van der Waals surface area contributed by atoms with E-state index in [1.54, 1.807) is 18.0 Å². The van der Waals surface area contributed by atoms with E-state index in [9.17, 15) is 4.79 Å². The molecule has 18 heavy (non-hydrogen) atoms. The molecule has 1 aromatic carbocycles. The van der Waals surface area contributed by atoms with Crippen LogP contribution in [0.2, 0.25) is 0 Å². The summed E-state index contributed by atoms with van der Waals surface area (Å²) in [6, 6.07) is 7.60. The van der Waals surface area contributed by atoms with Crippen LogP contribution < -0.4 is 4.90 Å². The van der Waals surface area contributed by atoms with E-state index < -0.39 is 11.9 Å². The second-order valence-corrected chi connectivity index (χ2v) is 4.34. The Balaban J connectivity index is 2.22. The third-order valence-electron chi connectivity index (χ3n) is 2.80. The molecule has 0 saturated heterocycles. The van der Waals surface area contributed by atoms with Crippen molar-refractivity contribution in [2.45, 2.75) is 6.92 Å². The summed E-state index contributed by atoms with van der Waals surface area (Å²) in [7, 11) is 1.82. The highest BCUT2D eigenvalue weighted by Gasteiger charge is 2.15. The molecule has 2 rings (SSSR count). The quantitative estimate of drug-likeness (QED) is 0.889. The van der Waals surface area contributed by atoms with Crippen LogP contribution in [0.25, 0.3) is 11.0 Å². The predicted molar refractivity (Wildman–Crippen MR) is 69.6 cm³/mol. The molecule has 1 N–H and O–H groups in total. The van der Waals surface area contributed by atoms with Crippen LogP contribution >= 0.6 is 0 Å². The van der Waals surface area contributed by atoms with Crippen molar-refractivity contribution in [3.8, 4) is 0 Å². The van der Waals surface area contributed by atoms with Crippen molar-refractivity contribution in [3.63, 3.8) is 0 Å². The number of anilines is 1. The van der Waals surface area contributed by atoms with Crippen LogP contribution in [0.15, 0.2) is 30.5 Å². The number of carboxylic acids is 1. The SMILES string of the molecule is C[C@@H](CN(C)c1cnc2ccccc2n1)C(=O)O. The smallest absolute Gasteiger partial charge is 0.308 e. The molecule has 0 radical (unpaired) electrons. The van der Waals surface area contributed by atoms with Crippen LogP contribution in [-0.2, 0) is 4.79 Å². The molecule has 0 saturated carbocycles. The van der Waals surface area contributed by atoms with Gasteiger partial charge >= 0.3 is 5.97 Å². The van der Waals surface area contributed by atoms with E-state index in [0.29, 0.717) is 12.4 Å². The summed E-state index contributed by atoms with van der Waals surface area (Å²) < 4.78 is 0. The molecule has 94 valence electrons. The molecule has 5 nitrogen and oxygen atoms in total. The zero-order valence-electron chi connectivity index (χ0n) is 10.4. The van der Waals surface area contributed by atoms with E-state index >= 15 is 0 Å². The maximum Gasteiger partial charge on any atom is 0.308 e. The van der Waals surface area contributed by atoms with Crippen LogP contribution in [0.5, 0.6) is 0 Å². The number of benzene rings is 1. The molecule has 0 spiro atoms. The molecule has 0 aliphatic heterocycles. The van der Waals surface area contributed by atoms with Gasteiger partial charge in [0.15, 0.2) is 0 Å². The van der Waals surface area contributed by atoms with Gasteiger partial charge in [-0.25, -0.2) is 4.98 Å². The minimum Gasteiger partial charge on any atom is -0.481 e. The molecular weight excluding hydrogens is 230 g/mol. The van der Waals surface area contributed by atoms with Crippen LogP contribution in [-0.4, -0.2) is 34.6 Å². The van der Waals surface area contributed by atoms with Crippen molar-refractivity contribution >= 4 is 22.8 Å². The number of aromatic nitrogens is 2. The van der Waals surface area contributed by atoms with Crippen molar-refractivity contribution < 1.29 is 9.90 Å². The van der Waals surface area contributed by atoms with E-state index in [-0.39, 0.29) is 0 Å². The Morgan fingerprint density at radius 2 is 2.06 bits per heavy atom. The topological polar surface area (TPSA) is 66.3 Å². The van der Waals surface area contributed by atoms with Crippen molar-refractivity contribution in [2.75, 3.05) is 18.5 Å². The van der Waals surface area contributed by atoms with E-state index in [1.807, 2.05) is 31.3 Å². The number of carbonyl (C=O) groups is 1. The minimum atomic E-state index is -0.810. The molecule has 1 atom stereocenters. The first-order valence-corrected chi connectivity index (χ1v) is 5.73. The van der Waals surface area contributed by atoms with E-state index in [4.69, 9.17) is 5.11 Å². The summed E-state index contributed by atoms with van der Waals surface area (Å²) >= 11 is 0. The Kier molecular flexibility index (Phi) is 3.41. The average molecular weight is 245 g/mol. The molecular formula is C13H15N3O2. The molecule has 0 aliphatic rings. The zero-order valence-corrected chi connectivity index (χ0v) is 10.4. The van der Waals surface area contributed by atoms with Gasteiger partial charge in [0.05, 0.1) is 23.1 Å². The van der Waals surface area contributed by atoms with Crippen LogP contribution in [0.4, 0.5) is 5.82 Å². The summed E-state index contributed by atoms with van der Waals surface area (Å²) in [5, 5.41) is 8.89. The highest BCUT2D eigenvalue weighted by molar-refractivity contribution is 5.75. The number of aliphatic carboxylic acids is 1. The average Bonchev–Trinajstić information content (AvgIpc) is 2.37. The molecule has 0 amide bonds. The number of fused-ring (bicyclic) bond motifs is 1. The van der Waals surface area contributed by atoms with E-state index in [0.717, 1.165) is 11.0 Å². The Bertz CT molecular complexity index is 571. The van der Waals surface area contributed by atoms with Crippen LogP contribution in [0.1, 0.15) is 6.92 Å². The third kappa shape index (κ3) is 2.56. The highest BCUT2D eigenvalue weighted by atomic mass is 16.4. The van der Waals surface area contributed by atoms with Gasteiger partial charge in [-0.2, -0.15) is 0 Å². The lowest BCUT2D eigenvalue weighted by Crippen LogP contribution is -2.29. The Labute approximate surface area is 105 Å². The first-order valence-electron chi connectivity index (χ1n) is 5.73. The second-order valence-electron chi connectivity index (χ2n) is 4.34. The molecule has 1 aromatic heterocycles. The number of nitrogens with zero attached hydrogens (tertiary/aromatic N) is 3. The summed E-state index contributed by atoms with van der Waals surface area (Å²) in [6.07, 6.45) is 1.66. The largest absolute Gasteiger partial charge is 0.481 e. The first kappa shape index (κ1) is 12.3. The number of hydrogen-bond donors (Lipinski definition) is 1. The van der Waals surface area contributed by atoms with Gasteiger partial charge in [0.1, 0.15) is 5.82 Å². The third-order valence-corrected chi connectivity index (χ3v) is 2.80. The van der Waals surface area contributed by atoms with Gasteiger partial charge in [-0.3, -0.25) is 9.78 Å². The summed E-state index contributed by atoms with van der Waals surface area (Å²) in [6.45, 7) is 2.08. The fourth-order valence-electron chi connectivity index (χ4n) is 1.71. The zero-order chi connectivity index (χ0) is 13.1. The number of rotatable bonds is 4. The fourth-order valence-corrected chi connectivity index (χ4v) is 1.71. The minimum absolute atomic E-state index is 0.405. The molecule has 5 heteroatoms. The van der Waals surface area contributed by atoms with Gasteiger partial charge in [0.2, 0.25) is 0 Å². The molecule has 1 heterocycles. The van der Waals surface area contributed by atoms with Crippen molar-refractivity contribution in [1.82, 2.24) is 9.97 Å². The van der Waals surface area contributed by atoms with Gasteiger partial charge in [-0.15, -0.1) is 0 Å². The number of carboxylic acid groups (broad SMARTS) is 1. The predicted octanol–water partition coefficient (Wildman–Crippen LogP) is 1.79. The van der Waals surface area contributed by atoms with Gasteiger partial charge in [-0.05, 0) is 12.1 Å². The van der Waals surface area contributed by atoms with Crippen molar-refractivity contribution in [2.24, 2.45) is 5.92 Å². The molecule has 0 bridgehead atoms. The van der Waals surface area contributed by atoms with Gasteiger partial charge in [-0.1, -0.05) is 19.1 Å².